The van der Waals surface area contributed by atoms with Gasteiger partial charge >= 0.3 is 29.6 Å². The van der Waals surface area contributed by atoms with Crippen LogP contribution in [-0.4, -0.2) is 92.6 Å². The molecule has 5 rings (SSSR count). The van der Waals surface area contributed by atoms with E-state index in [1.165, 1.54) is 0 Å². The molecule has 5 aliphatic rings. The van der Waals surface area contributed by atoms with Gasteiger partial charge in [-0.05, 0) is 95.6 Å². The summed E-state index contributed by atoms with van der Waals surface area (Å²) >= 11 is 0. The topological polar surface area (TPSA) is 164 Å². The molecule has 304 valence electrons. The molecule has 2 spiro atoms. The first-order valence-electron chi connectivity index (χ1n) is 20.7. The number of aliphatic hydroxyl groups excluding tert-OH is 2. The SMILES string of the molecule is CCC(C(=O)[O-])C1CC[C@H](C)C(C(C)C(O)C(C)C(=O)C(CC)C2O[C@]3(C=CC(O)[C@]4(CC[C@](C)(C5CC[C@](O)(CC)[C@H](C)O5)O4)O3)C(C)C[C@@H]2C)O1.[Na+]. The van der Waals surface area contributed by atoms with Crippen LogP contribution in [-0.2, 0) is 33.3 Å². The molecular weight excluding hydrogens is 703 g/mol. The molecule has 0 aromatic carbocycles. The van der Waals surface area contributed by atoms with Crippen molar-refractivity contribution >= 4 is 11.8 Å². The van der Waals surface area contributed by atoms with Crippen molar-refractivity contribution in [3.05, 3.63) is 12.2 Å². The van der Waals surface area contributed by atoms with E-state index in [1.807, 2.05) is 41.5 Å². The van der Waals surface area contributed by atoms with Gasteiger partial charge in [0.25, 0.3) is 0 Å². The standard InChI is InChI=1S/C42H70O11.Na/c1-11-29(38(46)47)31-15-14-23(4)36(50-31)27(8)34(44)26(7)35(45)30(12-2)37-24(5)22-25(6)41(51-37)19-16-32(43)42(53-41)21-20-39(10,52-42)33-17-18-40(48,13-3)28(9)49-33;/h16,19,23-34,36-37,43-44,48H,11-15,17-18,20-22H2,1-10H3,(H,46,47);/q;+1/p-1/t23-,24-,25?,26?,27?,28-,29?,30?,31?,32?,33?,34?,36?,37?,39+,40+,41-,42-;/m0./s1. The Labute approximate surface area is 345 Å². The molecule has 0 radical (unpaired) electrons. The van der Waals surface area contributed by atoms with Crippen molar-refractivity contribution in [1.29, 1.82) is 0 Å². The van der Waals surface area contributed by atoms with E-state index in [0.717, 1.165) is 6.42 Å². The summed E-state index contributed by atoms with van der Waals surface area (Å²) in [6.45, 7) is 19.5. The van der Waals surface area contributed by atoms with Crippen LogP contribution in [0.1, 0.15) is 133 Å². The van der Waals surface area contributed by atoms with Crippen molar-refractivity contribution in [3.63, 3.8) is 0 Å². The molecule has 3 N–H and O–H groups in total. The minimum Gasteiger partial charge on any atom is -0.550 e. The van der Waals surface area contributed by atoms with Crippen LogP contribution in [0.25, 0.3) is 0 Å². The predicted molar refractivity (Wildman–Crippen MR) is 196 cm³/mol. The first kappa shape index (κ1) is 46.3. The zero-order valence-corrected chi connectivity index (χ0v) is 36.9. The van der Waals surface area contributed by atoms with Gasteiger partial charge in [-0.1, -0.05) is 55.4 Å². The number of rotatable bonds is 12. The van der Waals surface area contributed by atoms with Gasteiger partial charge in [-0.25, -0.2) is 0 Å². The van der Waals surface area contributed by atoms with Crippen LogP contribution >= 0.6 is 0 Å². The Bertz CT molecular complexity index is 1330. The summed E-state index contributed by atoms with van der Waals surface area (Å²) in [5.41, 5.74) is -1.64. The Morgan fingerprint density at radius 3 is 2.17 bits per heavy atom. The molecule has 4 fully saturated rings. The first-order valence-corrected chi connectivity index (χ1v) is 20.7. The van der Waals surface area contributed by atoms with Crippen molar-refractivity contribution in [2.24, 2.45) is 41.4 Å². The van der Waals surface area contributed by atoms with E-state index in [1.54, 1.807) is 19.1 Å². The Hall–Kier alpha value is -0.440. The van der Waals surface area contributed by atoms with Gasteiger partial charge in [0.15, 0.2) is 5.79 Å². The third kappa shape index (κ3) is 8.63. The minimum absolute atomic E-state index is 0. The molecule has 0 aromatic heterocycles. The molecule has 0 saturated carbocycles. The number of hydrogen-bond donors (Lipinski definition) is 3. The van der Waals surface area contributed by atoms with Gasteiger partial charge in [0.05, 0.1) is 47.8 Å². The van der Waals surface area contributed by atoms with Crippen molar-refractivity contribution < 1.29 is 83.3 Å². The number of aliphatic carboxylic acids is 1. The summed E-state index contributed by atoms with van der Waals surface area (Å²) in [5.74, 6) is -6.24. The number of carbonyl (C=O) groups is 2. The van der Waals surface area contributed by atoms with Crippen LogP contribution in [0.4, 0.5) is 0 Å². The van der Waals surface area contributed by atoms with E-state index in [9.17, 15) is 30.0 Å². The molecule has 18 atom stereocenters. The third-order valence-corrected chi connectivity index (χ3v) is 14.4. The zero-order chi connectivity index (χ0) is 39.3. The van der Waals surface area contributed by atoms with Gasteiger partial charge in [-0.3, -0.25) is 4.79 Å². The fourth-order valence-corrected chi connectivity index (χ4v) is 10.5. The smallest absolute Gasteiger partial charge is 0.550 e. The van der Waals surface area contributed by atoms with Gasteiger partial charge < -0.3 is 48.9 Å². The summed E-state index contributed by atoms with van der Waals surface area (Å²) in [6.07, 6.45) is 5.22. The number of aliphatic hydroxyl groups is 3. The van der Waals surface area contributed by atoms with Crippen molar-refractivity contribution in [2.75, 3.05) is 0 Å². The maximum Gasteiger partial charge on any atom is 1.00 e. The van der Waals surface area contributed by atoms with E-state index in [0.29, 0.717) is 57.8 Å². The van der Waals surface area contributed by atoms with Crippen LogP contribution in [0.5, 0.6) is 0 Å². The van der Waals surface area contributed by atoms with Gasteiger partial charge in [-0.15, -0.1) is 0 Å². The Balaban J connectivity index is 0.00000650. The molecular formula is C42H69NaO11. The molecule has 54 heavy (non-hydrogen) atoms. The fraction of sp³-hybridized carbons (Fsp3) is 0.905. The second kappa shape index (κ2) is 17.8. The maximum absolute atomic E-state index is 14.4. The molecule has 5 aliphatic heterocycles. The summed E-state index contributed by atoms with van der Waals surface area (Å²) in [4.78, 5) is 26.2. The van der Waals surface area contributed by atoms with Gasteiger partial charge in [-0.2, -0.15) is 0 Å². The quantitative estimate of drug-likeness (QED) is 0.196. The summed E-state index contributed by atoms with van der Waals surface area (Å²) in [7, 11) is 0. The first-order chi connectivity index (χ1) is 24.8. The summed E-state index contributed by atoms with van der Waals surface area (Å²) < 4.78 is 33.4. The van der Waals surface area contributed by atoms with Crippen molar-refractivity contribution in [3.8, 4) is 0 Å². The molecule has 0 aliphatic carbocycles. The van der Waals surface area contributed by atoms with E-state index in [2.05, 4.69) is 20.8 Å². The Morgan fingerprint density at radius 1 is 0.907 bits per heavy atom. The summed E-state index contributed by atoms with van der Waals surface area (Å²) in [5, 5.41) is 46.0. The number of Topliss-reactive ketones (excluding diaryl/α,β-unsaturated/α-hetero) is 1. The largest absolute Gasteiger partial charge is 1.00 e. The monoisotopic (exact) mass is 772 g/mol. The van der Waals surface area contributed by atoms with Crippen LogP contribution in [0.15, 0.2) is 12.2 Å². The van der Waals surface area contributed by atoms with Crippen molar-refractivity contribution in [2.45, 2.75) is 199 Å². The number of ketones is 1. The second-order valence-electron chi connectivity index (χ2n) is 17.9. The van der Waals surface area contributed by atoms with Gasteiger partial charge in [0.1, 0.15) is 11.9 Å². The van der Waals surface area contributed by atoms with Crippen LogP contribution < -0.4 is 34.7 Å². The molecule has 4 saturated heterocycles. The van der Waals surface area contributed by atoms with Gasteiger partial charge in [0, 0.05) is 42.0 Å². The molecule has 5 heterocycles. The molecule has 11 unspecified atom stereocenters. The number of ether oxygens (including phenoxy) is 5. The van der Waals surface area contributed by atoms with E-state index < -0.39 is 82.9 Å². The number of carboxylic acid groups (broad SMARTS) is 1. The molecule has 12 heteroatoms. The Kier molecular flexibility index (Phi) is 15.3. The predicted octanol–water partition coefficient (Wildman–Crippen LogP) is 1.86. The minimum atomic E-state index is -1.37. The molecule has 0 bridgehead atoms. The zero-order valence-electron chi connectivity index (χ0n) is 34.9. The normalized spacial score (nSPS) is 45.3. The van der Waals surface area contributed by atoms with Crippen LogP contribution in [0, 0.1) is 41.4 Å². The van der Waals surface area contributed by atoms with E-state index >= 15 is 0 Å². The molecule has 0 aromatic rings. The van der Waals surface area contributed by atoms with Crippen LogP contribution in [0.3, 0.4) is 0 Å². The third-order valence-electron chi connectivity index (χ3n) is 14.4. The van der Waals surface area contributed by atoms with E-state index in [4.69, 9.17) is 23.7 Å². The molecule has 11 nitrogen and oxygen atoms in total. The maximum atomic E-state index is 14.4. The number of hydrogen-bond acceptors (Lipinski definition) is 11. The summed E-state index contributed by atoms with van der Waals surface area (Å²) in [6, 6.07) is 0. The average molecular weight is 773 g/mol. The van der Waals surface area contributed by atoms with E-state index in [-0.39, 0.29) is 65.3 Å². The second-order valence-corrected chi connectivity index (χ2v) is 17.9. The van der Waals surface area contributed by atoms with Gasteiger partial charge in [0.2, 0.25) is 5.79 Å². The number of carbonyl (C=O) groups excluding carboxylic acids is 2. The molecule has 0 amide bonds. The Morgan fingerprint density at radius 2 is 1.57 bits per heavy atom. The fourth-order valence-electron chi connectivity index (χ4n) is 10.5. The van der Waals surface area contributed by atoms with Crippen molar-refractivity contribution in [1.82, 2.24) is 0 Å². The van der Waals surface area contributed by atoms with Crippen LogP contribution in [0.2, 0.25) is 0 Å². The number of carboxylic acids is 1. The average Bonchev–Trinajstić information content (AvgIpc) is 3.47.